The van der Waals surface area contributed by atoms with Gasteiger partial charge in [-0.25, -0.2) is 0 Å². The number of hydrogen-bond acceptors (Lipinski definition) is 5. The number of amides is 3. The van der Waals surface area contributed by atoms with Crippen LogP contribution in [-0.2, 0) is 20.9 Å². The lowest BCUT2D eigenvalue weighted by Crippen LogP contribution is -2.57. The van der Waals surface area contributed by atoms with Crippen LogP contribution in [0.15, 0.2) is 73.8 Å². The molecular weight excluding hydrogens is 558 g/mol. The van der Waals surface area contributed by atoms with E-state index >= 15 is 0 Å². The second-order valence-corrected chi connectivity index (χ2v) is 13.7. The van der Waals surface area contributed by atoms with Crippen LogP contribution in [0.2, 0.25) is 0 Å². The number of likely N-dealkylation sites (tertiary alicyclic amines) is 1. The molecule has 3 aliphatic heterocycles. The van der Waals surface area contributed by atoms with E-state index in [1.165, 1.54) is 0 Å². The summed E-state index contributed by atoms with van der Waals surface area (Å²) < 4.78 is -0.745. The summed E-state index contributed by atoms with van der Waals surface area (Å²) in [6.07, 6.45) is 5.37. The average molecular weight is 602 g/mol. The molecule has 0 aromatic heterocycles. The largest absolute Gasteiger partial charge is 0.394 e. The quantitative estimate of drug-likeness (QED) is 0.350. The Hall–Kier alpha value is -3.36. The Morgan fingerprint density at radius 3 is 2.49 bits per heavy atom. The van der Waals surface area contributed by atoms with Crippen LogP contribution < -0.4 is 4.90 Å². The molecule has 2 aromatic carbocycles. The van der Waals surface area contributed by atoms with Crippen molar-refractivity contribution < 1.29 is 19.5 Å². The van der Waals surface area contributed by atoms with Gasteiger partial charge in [0.15, 0.2) is 0 Å². The van der Waals surface area contributed by atoms with Crippen LogP contribution in [0.25, 0.3) is 0 Å². The summed E-state index contributed by atoms with van der Waals surface area (Å²) in [5.74, 6) is -1.61. The molecule has 5 rings (SSSR count). The van der Waals surface area contributed by atoms with E-state index in [1.54, 1.807) is 38.6 Å². The number of rotatable bonds is 12. The minimum Gasteiger partial charge on any atom is -0.394 e. The van der Waals surface area contributed by atoms with Crippen LogP contribution in [0.4, 0.5) is 5.69 Å². The number of thioether (sulfide) groups is 1. The number of benzene rings is 2. The maximum atomic E-state index is 14.9. The molecule has 2 aromatic rings. The van der Waals surface area contributed by atoms with E-state index in [-0.39, 0.29) is 29.6 Å². The van der Waals surface area contributed by atoms with Gasteiger partial charge in [0.2, 0.25) is 11.8 Å². The highest BCUT2D eigenvalue weighted by Gasteiger charge is 2.74. The van der Waals surface area contributed by atoms with Gasteiger partial charge in [-0.1, -0.05) is 61.5 Å². The van der Waals surface area contributed by atoms with E-state index in [0.717, 1.165) is 28.8 Å². The molecule has 0 saturated carbocycles. The van der Waals surface area contributed by atoms with Crippen molar-refractivity contribution in [2.24, 2.45) is 11.8 Å². The third kappa shape index (κ3) is 5.33. The number of aryl methyl sites for hydroxylation is 2. The molecule has 3 heterocycles. The molecule has 0 radical (unpaired) electrons. The maximum Gasteiger partial charge on any atom is 0.251 e. The molecule has 6 atom stereocenters. The van der Waals surface area contributed by atoms with Crippen molar-refractivity contribution in [3.05, 3.63) is 90.5 Å². The van der Waals surface area contributed by atoms with E-state index in [4.69, 9.17) is 0 Å². The standard InChI is InChI=1S/C35H43N3O4S/c1-6-18-36(21-25-12-10-9-11-13-25)32(40)29-28-16-17-35(43-28)30(29)33(41)38(26(8-3)22-39)31(35)34(42)37(19-7-2)27-20-23(4)14-15-24(27)5/h6-7,9-15,20,26,28-31,39H,1-2,8,16-19,21-22H2,3-5H3/t26-,28-,29+,30-,31?,35?/m0/s1. The highest BCUT2D eigenvalue weighted by Crippen LogP contribution is 2.67. The molecule has 3 aliphatic rings. The van der Waals surface area contributed by atoms with Crippen molar-refractivity contribution in [2.75, 3.05) is 24.6 Å². The highest BCUT2D eigenvalue weighted by atomic mass is 32.2. The Bertz CT molecular complexity index is 1390. The second-order valence-electron chi connectivity index (χ2n) is 12.1. The van der Waals surface area contributed by atoms with Crippen molar-refractivity contribution in [1.82, 2.24) is 9.80 Å². The van der Waals surface area contributed by atoms with Gasteiger partial charge in [-0.2, -0.15) is 0 Å². The normalized spacial score (nSPS) is 26.2. The Morgan fingerprint density at radius 2 is 1.84 bits per heavy atom. The number of aliphatic hydroxyl groups is 1. The molecule has 1 spiro atoms. The number of nitrogens with zero attached hydrogens (tertiary/aromatic N) is 3. The molecule has 1 N–H and O–H groups in total. The van der Waals surface area contributed by atoms with E-state index in [1.807, 2.05) is 69.3 Å². The van der Waals surface area contributed by atoms with E-state index in [2.05, 4.69) is 13.2 Å². The van der Waals surface area contributed by atoms with Crippen molar-refractivity contribution in [3.63, 3.8) is 0 Å². The number of carbonyl (C=O) groups excluding carboxylic acids is 3. The molecule has 3 amide bonds. The second kappa shape index (κ2) is 12.7. The summed E-state index contributed by atoms with van der Waals surface area (Å²) in [5.41, 5.74) is 3.79. The van der Waals surface area contributed by atoms with Crippen molar-refractivity contribution in [1.29, 1.82) is 0 Å². The van der Waals surface area contributed by atoms with Crippen LogP contribution in [0.1, 0.15) is 42.9 Å². The van der Waals surface area contributed by atoms with Crippen molar-refractivity contribution in [3.8, 4) is 0 Å². The first-order valence-corrected chi connectivity index (χ1v) is 16.1. The van der Waals surface area contributed by atoms with Gasteiger partial charge in [0, 0.05) is 30.6 Å². The topological polar surface area (TPSA) is 81.2 Å². The molecule has 0 aliphatic carbocycles. The van der Waals surface area contributed by atoms with Gasteiger partial charge < -0.3 is 19.8 Å². The zero-order chi connectivity index (χ0) is 30.9. The number of carbonyl (C=O) groups is 3. The van der Waals surface area contributed by atoms with E-state index in [0.29, 0.717) is 32.5 Å². The first-order valence-electron chi connectivity index (χ1n) is 15.3. The first-order chi connectivity index (χ1) is 20.7. The van der Waals surface area contributed by atoms with Gasteiger partial charge in [0.25, 0.3) is 5.91 Å². The van der Waals surface area contributed by atoms with Crippen LogP contribution >= 0.6 is 11.8 Å². The summed E-state index contributed by atoms with van der Waals surface area (Å²) in [6.45, 7) is 14.6. The third-order valence-corrected chi connectivity index (χ3v) is 11.4. The molecular formula is C35H43N3O4S. The van der Waals surface area contributed by atoms with Crippen molar-refractivity contribution >= 4 is 35.2 Å². The minimum absolute atomic E-state index is 0.0512. The lowest BCUT2D eigenvalue weighted by molar-refractivity contribution is -0.145. The molecule has 8 heteroatoms. The van der Waals surface area contributed by atoms with E-state index < -0.39 is 28.7 Å². The molecule has 3 saturated heterocycles. The lowest BCUT2D eigenvalue weighted by Gasteiger charge is -2.40. The van der Waals surface area contributed by atoms with Crippen LogP contribution in [0.5, 0.6) is 0 Å². The van der Waals surface area contributed by atoms with E-state index in [9.17, 15) is 19.5 Å². The first kappa shape index (κ1) is 31.1. The van der Waals surface area contributed by atoms with Crippen LogP contribution in [0.3, 0.4) is 0 Å². The molecule has 2 bridgehead atoms. The molecule has 2 unspecified atom stereocenters. The van der Waals surface area contributed by atoms with Crippen molar-refractivity contribution in [2.45, 2.75) is 68.7 Å². The lowest BCUT2D eigenvalue weighted by atomic mass is 9.70. The summed E-state index contributed by atoms with van der Waals surface area (Å²) in [7, 11) is 0. The fraction of sp³-hybridized carbons (Fsp3) is 0.457. The SMILES string of the molecule is C=CCN(Cc1ccccc1)C(=O)[C@@H]1[C@@H]2CCC3(S2)C(C(=O)N(CC=C)c2cc(C)ccc2C)N([C@@H](CC)CO)C(=O)[C@H]13. The Balaban J connectivity index is 1.57. The summed E-state index contributed by atoms with van der Waals surface area (Å²) in [6, 6.07) is 14.5. The van der Waals surface area contributed by atoms with Gasteiger partial charge in [-0.15, -0.1) is 24.9 Å². The Morgan fingerprint density at radius 1 is 1.12 bits per heavy atom. The number of hydrogen-bond donors (Lipinski definition) is 1. The Kier molecular flexibility index (Phi) is 9.18. The molecule has 228 valence electrons. The van der Waals surface area contributed by atoms with Gasteiger partial charge >= 0.3 is 0 Å². The van der Waals surface area contributed by atoms with Crippen LogP contribution in [0, 0.1) is 25.7 Å². The van der Waals surface area contributed by atoms with Gasteiger partial charge in [-0.05, 0) is 55.9 Å². The smallest absolute Gasteiger partial charge is 0.251 e. The molecule has 3 fully saturated rings. The predicted molar refractivity (Wildman–Crippen MR) is 173 cm³/mol. The predicted octanol–water partition coefficient (Wildman–Crippen LogP) is 4.90. The number of anilines is 1. The number of aliphatic hydroxyl groups excluding tert-OH is 1. The summed E-state index contributed by atoms with van der Waals surface area (Å²) in [5, 5.41) is 10.4. The maximum absolute atomic E-state index is 14.9. The summed E-state index contributed by atoms with van der Waals surface area (Å²) >= 11 is 1.66. The zero-order valence-corrected chi connectivity index (χ0v) is 26.3. The molecule has 43 heavy (non-hydrogen) atoms. The average Bonchev–Trinajstić information content (AvgIpc) is 3.65. The zero-order valence-electron chi connectivity index (χ0n) is 25.4. The van der Waals surface area contributed by atoms with Gasteiger partial charge in [0.1, 0.15) is 6.04 Å². The monoisotopic (exact) mass is 601 g/mol. The molecule has 7 nitrogen and oxygen atoms in total. The third-order valence-electron chi connectivity index (χ3n) is 9.44. The van der Waals surface area contributed by atoms with Crippen LogP contribution in [-0.4, -0.2) is 74.4 Å². The highest BCUT2D eigenvalue weighted by molar-refractivity contribution is 8.02. The number of fused-ring (bicyclic) bond motifs is 1. The summed E-state index contributed by atoms with van der Waals surface area (Å²) in [4.78, 5) is 49.0. The minimum atomic E-state index is -0.795. The van der Waals surface area contributed by atoms with Gasteiger partial charge in [-0.3, -0.25) is 14.4 Å². The Labute approximate surface area is 259 Å². The fourth-order valence-corrected chi connectivity index (χ4v) is 9.65. The fourth-order valence-electron chi connectivity index (χ4n) is 7.46. The van der Waals surface area contributed by atoms with Gasteiger partial charge in [0.05, 0.1) is 29.2 Å².